The van der Waals surface area contributed by atoms with Crippen molar-refractivity contribution in [2.24, 2.45) is 5.92 Å². The van der Waals surface area contributed by atoms with Crippen molar-refractivity contribution < 1.29 is 29.1 Å². The largest absolute Gasteiger partial charge is 0.507 e. The molecule has 6 aliphatic heterocycles. The van der Waals surface area contributed by atoms with E-state index in [1.165, 1.54) is 5.56 Å². The predicted molar refractivity (Wildman–Crippen MR) is 226 cm³/mol. The Bertz CT molecular complexity index is 2510. The average Bonchev–Trinajstić information content (AvgIpc) is 3.96. The summed E-state index contributed by atoms with van der Waals surface area (Å²) < 4.78 is 0. The molecule has 3 aromatic carbocycles. The van der Waals surface area contributed by atoms with Crippen LogP contribution in [0.15, 0.2) is 84.7 Å². The number of para-hydroxylation sites is 1. The number of nitrogens with two attached hydrogens (primary N) is 1. The summed E-state index contributed by atoms with van der Waals surface area (Å²) in [6.07, 6.45) is 4.87. The Hall–Kier alpha value is -6.81. The SMILES string of the molecule is Nc1nnc(-c2ccccc2O)cc1N1CC2CC1=CN2c1cccc(CN2CCC(C(=O)N3CCN(c4ccc5c(c4)C(=O)N(C4CCC(=O)NC4=O)C5=O)CC3)CC2)c1. The van der Waals surface area contributed by atoms with Gasteiger partial charge in [-0.05, 0) is 86.4 Å². The fraction of sp³-hybridized carbons (Fsp3) is 0.356. The number of piperidine rings is 2. The maximum atomic E-state index is 13.7. The van der Waals surface area contributed by atoms with Crippen LogP contribution in [0.2, 0.25) is 0 Å². The summed E-state index contributed by atoms with van der Waals surface area (Å²) in [7, 11) is 0. The molecule has 5 amide bonds. The van der Waals surface area contributed by atoms with E-state index < -0.39 is 29.7 Å². The molecule has 1 aromatic heterocycles. The number of anilines is 4. The lowest BCUT2D eigenvalue weighted by molar-refractivity contribution is -0.138. The van der Waals surface area contributed by atoms with Gasteiger partial charge in [-0.25, -0.2) is 0 Å². The number of benzene rings is 3. The number of aromatic nitrogens is 2. The number of nitrogen functional groups attached to an aromatic ring is 1. The molecule has 0 saturated carbocycles. The number of piperazine rings is 1. The molecule has 4 aromatic rings. The molecule has 16 nitrogen and oxygen atoms in total. The second-order valence-corrected chi connectivity index (χ2v) is 16.7. The third-order valence-electron chi connectivity index (χ3n) is 13.1. The molecule has 312 valence electrons. The van der Waals surface area contributed by atoms with E-state index in [0.29, 0.717) is 43.3 Å². The lowest BCUT2D eigenvalue weighted by atomic mass is 9.94. The van der Waals surface area contributed by atoms with Gasteiger partial charge in [0.05, 0.1) is 28.6 Å². The number of amides is 5. The summed E-state index contributed by atoms with van der Waals surface area (Å²) in [6, 6.07) is 22.1. The van der Waals surface area contributed by atoms with Gasteiger partial charge >= 0.3 is 0 Å². The minimum absolute atomic E-state index is 0.0233. The number of fused-ring (bicyclic) bond motifs is 3. The molecule has 4 N–H and O–H groups in total. The molecular formula is C45H46N10O6. The van der Waals surface area contributed by atoms with E-state index in [0.717, 1.165) is 73.1 Å². The third kappa shape index (κ3) is 6.99. The number of carbonyl (C=O) groups excluding carboxylic acids is 5. The second kappa shape index (κ2) is 15.3. The molecule has 4 saturated heterocycles. The van der Waals surface area contributed by atoms with Crippen molar-refractivity contribution in [3.63, 3.8) is 0 Å². The molecule has 10 rings (SSSR count). The number of carbonyl (C=O) groups is 5. The van der Waals surface area contributed by atoms with E-state index in [4.69, 9.17) is 5.73 Å². The van der Waals surface area contributed by atoms with Crippen LogP contribution in [0.1, 0.15) is 58.4 Å². The van der Waals surface area contributed by atoms with E-state index in [2.05, 4.69) is 65.6 Å². The van der Waals surface area contributed by atoms with Crippen LogP contribution in [0.25, 0.3) is 11.3 Å². The Morgan fingerprint density at radius 3 is 2.34 bits per heavy atom. The summed E-state index contributed by atoms with van der Waals surface area (Å²) in [5.74, 6) is -1.42. The molecule has 4 fully saturated rings. The van der Waals surface area contributed by atoms with Crippen molar-refractivity contribution in [2.45, 2.75) is 50.7 Å². The summed E-state index contributed by atoms with van der Waals surface area (Å²) in [6.45, 7) is 5.57. The highest BCUT2D eigenvalue weighted by molar-refractivity contribution is 6.23. The van der Waals surface area contributed by atoms with Crippen molar-refractivity contribution in [3.05, 3.63) is 101 Å². The van der Waals surface area contributed by atoms with Gasteiger partial charge in [0, 0.05) is 86.9 Å². The van der Waals surface area contributed by atoms with Gasteiger partial charge in [-0.15, -0.1) is 10.2 Å². The molecular weight excluding hydrogens is 777 g/mol. The van der Waals surface area contributed by atoms with Crippen LogP contribution in [0.4, 0.5) is 22.9 Å². The van der Waals surface area contributed by atoms with Crippen LogP contribution in [0.5, 0.6) is 5.75 Å². The minimum atomic E-state index is -1.00. The first-order valence-corrected chi connectivity index (χ1v) is 21.0. The number of hydrogen-bond donors (Lipinski definition) is 3. The van der Waals surface area contributed by atoms with Crippen LogP contribution >= 0.6 is 0 Å². The van der Waals surface area contributed by atoms with E-state index in [-0.39, 0.29) is 47.6 Å². The zero-order valence-electron chi connectivity index (χ0n) is 33.6. The third-order valence-corrected chi connectivity index (χ3v) is 13.1. The summed E-state index contributed by atoms with van der Waals surface area (Å²) in [5.41, 5.74) is 13.1. The number of phenols is 1. The van der Waals surface area contributed by atoms with Gasteiger partial charge in [0.2, 0.25) is 17.7 Å². The first kappa shape index (κ1) is 38.4. The van der Waals surface area contributed by atoms with Crippen LogP contribution in [0, 0.1) is 5.92 Å². The van der Waals surface area contributed by atoms with E-state index in [1.807, 2.05) is 29.2 Å². The molecule has 2 bridgehead atoms. The quantitative estimate of drug-likeness (QED) is 0.220. The molecule has 0 radical (unpaired) electrons. The molecule has 2 atom stereocenters. The van der Waals surface area contributed by atoms with Gasteiger partial charge < -0.3 is 30.4 Å². The predicted octanol–water partition coefficient (Wildman–Crippen LogP) is 3.33. The van der Waals surface area contributed by atoms with Crippen molar-refractivity contribution in [1.82, 2.24) is 30.2 Å². The number of nitrogens with one attached hydrogen (secondary N) is 1. The topological polar surface area (TPSA) is 189 Å². The molecule has 61 heavy (non-hydrogen) atoms. The Kier molecular flexibility index (Phi) is 9.65. The van der Waals surface area contributed by atoms with Crippen LogP contribution < -0.4 is 25.8 Å². The maximum absolute atomic E-state index is 13.7. The smallest absolute Gasteiger partial charge is 0.262 e. The Labute approximate surface area is 352 Å². The second-order valence-electron chi connectivity index (χ2n) is 16.7. The Morgan fingerprint density at radius 1 is 0.803 bits per heavy atom. The number of nitrogens with zero attached hydrogens (tertiary/aromatic N) is 8. The lowest BCUT2D eigenvalue weighted by Gasteiger charge is -2.39. The van der Waals surface area contributed by atoms with Gasteiger partial charge in [-0.2, -0.15) is 0 Å². The molecule has 7 heterocycles. The molecule has 2 unspecified atom stereocenters. The Morgan fingerprint density at radius 2 is 1.59 bits per heavy atom. The lowest BCUT2D eigenvalue weighted by Crippen LogP contribution is -2.54. The number of aromatic hydroxyl groups is 1. The fourth-order valence-corrected chi connectivity index (χ4v) is 9.80. The standard InChI is InChI=1S/C45H46N10O6/c46-41-38(23-36(48-49-41)34-6-1-2-7-39(34)56)54-26-31-21-32(54)25-53(31)30-5-3-4-27(20-30)24-50-14-12-28(13-15-50)43(59)52-18-16-51(17-19-52)29-8-9-33-35(22-29)45(61)55(44(33)60)37-10-11-40(57)47-42(37)58/h1-9,20,22-23,25,28,31,37,56H,10-19,21,24,26H2,(H2,46,49)(H,47,57,58). The van der Waals surface area contributed by atoms with Gasteiger partial charge in [-0.3, -0.25) is 39.1 Å². The summed E-state index contributed by atoms with van der Waals surface area (Å²) >= 11 is 0. The van der Waals surface area contributed by atoms with Gasteiger partial charge in [-0.1, -0.05) is 24.3 Å². The molecule has 16 heteroatoms. The van der Waals surface area contributed by atoms with Crippen molar-refractivity contribution in [3.8, 4) is 17.0 Å². The highest BCUT2D eigenvalue weighted by atomic mass is 16.3. The van der Waals surface area contributed by atoms with Crippen LogP contribution in [-0.2, 0) is 20.9 Å². The summed E-state index contributed by atoms with van der Waals surface area (Å²) in [4.78, 5) is 76.4. The van der Waals surface area contributed by atoms with Crippen molar-refractivity contribution in [1.29, 1.82) is 0 Å². The zero-order chi connectivity index (χ0) is 41.9. The zero-order valence-corrected chi connectivity index (χ0v) is 33.6. The number of phenolic OH excluding ortho intramolecular Hbond substituents is 1. The number of hydrogen-bond acceptors (Lipinski definition) is 13. The number of imide groups is 2. The molecule has 6 aliphatic rings. The fourth-order valence-electron chi connectivity index (χ4n) is 9.80. The first-order chi connectivity index (χ1) is 29.6. The maximum Gasteiger partial charge on any atom is 0.262 e. The van der Waals surface area contributed by atoms with Crippen LogP contribution in [0.3, 0.4) is 0 Å². The van der Waals surface area contributed by atoms with Gasteiger partial charge in [0.15, 0.2) is 5.82 Å². The number of likely N-dealkylation sites (tertiary alicyclic amines) is 1. The van der Waals surface area contributed by atoms with Gasteiger partial charge in [0.25, 0.3) is 11.8 Å². The van der Waals surface area contributed by atoms with Crippen LogP contribution in [-0.4, -0.2) is 117 Å². The van der Waals surface area contributed by atoms with Gasteiger partial charge in [0.1, 0.15) is 11.8 Å². The normalized spacial score (nSPS) is 22.0. The highest BCUT2D eigenvalue weighted by Gasteiger charge is 2.45. The van der Waals surface area contributed by atoms with Crippen molar-refractivity contribution in [2.75, 3.05) is 66.2 Å². The van der Waals surface area contributed by atoms with Crippen molar-refractivity contribution >= 4 is 52.4 Å². The van der Waals surface area contributed by atoms with E-state index in [9.17, 15) is 29.1 Å². The molecule has 0 spiro atoms. The number of rotatable bonds is 8. The first-order valence-electron chi connectivity index (χ1n) is 21.0. The highest BCUT2D eigenvalue weighted by Crippen LogP contribution is 2.42. The molecule has 0 aliphatic carbocycles. The monoisotopic (exact) mass is 822 g/mol. The Balaban J connectivity index is 0.715. The average molecular weight is 823 g/mol. The minimum Gasteiger partial charge on any atom is -0.507 e. The van der Waals surface area contributed by atoms with E-state index >= 15 is 0 Å². The van der Waals surface area contributed by atoms with E-state index in [1.54, 1.807) is 24.3 Å². The summed E-state index contributed by atoms with van der Waals surface area (Å²) in [5, 5.41) is 21.1.